The molecule has 0 atom stereocenters. The SMILES string of the molecule is CCc1cc(C(=O)Nc2cc(OC)ccc2OC)nc2ccnn12. The summed E-state index contributed by atoms with van der Waals surface area (Å²) in [6.45, 7) is 2.00. The molecule has 2 heterocycles. The van der Waals surface area contributed by atoms with Crippen LogP contribution in [-0.2, 0) is 6.42 Å². The fourth-order valence-electron chi connectivity index (χ4n) is 2.44. The maximum atomic E-state index is 12.6. The number of carbonyl (C=O) groups excluding carboxylic acids is 1. The molecule has 0 aliphatic carbocycles. The maximum absolute atomic E-state index is 12.6. The number of hydrogen-bond acceptors (Lipinski definition) is 5. The van der Waals surface area contributed by atoms with Crippen LogP contribution in [0.1, 0.15) is 23.1 Å². The van der Waals surface area contributed by atoms with E-state index < -0.39 is 0 Å². The van der Waals surface area contributed by atoms with Gasteiger partial charge in [0.2, 0.25) is 0 Å². The molecule has 1 amide bonds. The Hall–Kier alpha value is -3.09. The van der Waals surface area contributed by atoms with Gasteiger partial charge in [-0.1, -0.05) is 6.92 Å². The van der Waals surface area contributed by atoms with Crippen molar-refractivity contribution < 1.29 is 14.3 Å². The monoisotopic (exact) mass is 326 g/mol. The second-order valence-corrected chi connectivity index (χ2v) is 5.11. The van der Waals surface area contributed by atoms with Crippen molar-refractivity contribution >= 4 is 17.2 Å². The van der Waals surface area contributed by atoms with Gasteiger partial charge >= 0.3 is 0 Å². The number of aryl methyl sites for hydroxylation is 1. The Kier molecular flexibility index (Phi) is 4.33. The van der Waals surface area contributed by atoms with Gasteiger partial charge in [-0.05, 0) is 24.6 Å². The number of aromatic nitrogens is 3. The summed E-state index contributed by atoms with van der Waals surface area (Å²) in [6, 6.07) is 8.71. The van der Waals surface area contributed by atoms with Crippen molar-refractivity contribution in [2.45, 2.75) is 13.3 Å². The van der Waals surface area contributed by atoms with Crippen molar-refractivity contribution in [3.63, 3.8) is 0 Å². The lowest BCUT2D eigenvalue weighted by molar-refractivity contribution is 0.102. The molecule has 2 aromatic heterocycles. The minimum absolute atomic E-state index is 0.319. The number of carbonyl (C=O) groups is 1. The summed E-state index contributed by atoms with van der Waals surface area (Å²) in [4.78, 5) is 17.0. The van der Waals surface area contributed by atoms with Crippen LogP contribution >= 0.6 is 0 Å². The molecular formula is C17H18N4O3. The normalized spacial score (nSPS) is 10.6. The van der Waals surface area contributed by atoms with Gasteiger partial charge in [-0.2, -0.15) is 5.10 Å². The predicted molar refractivity (Wildman–Crippen MR) is 89.9 cm³/mol. The summed E-state index contributed by atoms with van der Waals surface area (Å²) in [6.07, 6.45) is 2.40. The summed E-state index contributed by atoms with van der Waals surface area (Å²) >= 11 is 0. The zero-order chi connectivity index (χ0) is 17.1. The number of nitrogens with zero attached hydrogens (tertiary/aromatic N) is 3. The van der Waals surface area contributed by atoms with Crippen LogP contribution in [0.25, 0.3) is 5.65 Å². The van der Waals surface area contributed by atoms with Gasteiger partial charge < -0.3 is 14.8 Å². The molecule has 124 valence electrons. The van der Waals surface area contributed by atoms with Crippen LogP contribution in [0.3, 0.4) is 0 Å². The van der Waals surface area contributed by atoms with E-state index in [1.807, 2.05) is 6.92 Å². The lowest BCUT2D eigenvalue weighted by Crippen LogP contribution is -2.16. The first kappa shape index (κ1) is 15.8. The molecule has 0 saturated carbocycles. The smallest absolute Gasteiger partial charge is 0.274 e. The van der Waals surface area contributed by atoms with Crippen LogP contribution in [0.2, 0.25) is 0 Å². The van der Waals surface area contributed by atoms with Gasteiger partial charge in [-0.15, -0.1) is 0 Å². The molecule has 0 unspecified atom stereocenters. The van der Waals surface area contributed by atoms with Crippen molar-refractivity contribution in [1.82, 2.24) is 14.6 Å². The number of benzene rings is 1. The number of nitrogens with one attached hydrogen (secondary N) is 1. The van der Waals surface area contributed by atoms with E-state index in [2.05, 4.69) is 15.4 Å². The Bertz CT molecular complexity index is 889. The van der Waals surface area contributed by atoms with Gasteiger partial charge in [-0.25, -0.2) is 9.50 Å². The Morgan fingerprint density at radius 2 is 2.04 bits per heavy atom. The highest BCUT2D eigenvalue weighted by Crippen LogP contribution is 2.29. The van der Waals surface area contributed by atoms with E-state index in [1.165, 1.54) is 0 Å². The topological polar surface area (TPSA) is 77.8 Å². The van der Waals surface area contributed by atoms with Crippen LogP contribution in [0.5, 0.6) is 11.5 Å². The van der Waals surface area contributed by atoms with Crippen molar-refractivity contribution in [2.75, 3.05) is 19.5 Å². The molecule has 0 radical (unpaired) electrons. The van der Waals surface area contributed by atoms with Gasteiger partial charge in [0.25, 0.3) is 5.91 Å². The van der Waals surface area contributed by atoms with Crippen LogP contribution in [-0.4, -0.2) is 34.7 Å². The standard InChI is InChI=1S/C17H18N4O3/c1-4-11-9-14(19-16-7-8-18-21(11)16)17(22)20-13-10-12(23-2)5-6-15(13)24-3/h5-10H,4H2,1-3H3,(H,20,22). The number of ether oxygens (including phenoxy) is 2. The van der Waals surface area contributed by atoms with E-state index >= 15 is 0 Å². The molecule has 0 fully saturated rings. The van der Waals surface area contributed by atoms with E-state index in [9.17, 15) is 4.79 Å². The summed E-state index contributed by atoms with van der Waals surface area (Å²) < 4.78 is 12.2. The maximum Gasteiger partial charge on any atom is 0.274 e. The quantitative estimate of drug-likeness (QED) is 0.779. The van der Waals surface area contributed by atoms with Crippen LogP contribution in [0, 0.1) is 0 Å². The van der Waals surface area contributed by atoms with E-state index in [1.54, 1.807) is 55.3 Å². The second kappa shape index (κ2) is 6.57. The molecule has 3 rings (SSSR count). The number of rotatable bonds is 5. The molecule has 1 N–H and O–H groups in total. The molecule has 0 bridgehead atoms. The fraction of sp³-hybridized carbons (Fsp3) is 0.235. The van der Waals surface area contributed by atoms with Crippen LogP contribution in [0.4, 0.5) is 5.69 Å². The van der Waals surface area contributed by atoms with Crippen LogP contribution < -0.4 is 14.8 Å². The van der Waals surface area contributed by atoms with Gasteiger partial charge in [0, 0.05) is 17.8 Å². The number of methoxy groups -OCH3 is 2. The average Bonchev–Trinajstić information content (AvgIpc) is 3.09. The lowest BCUT2D eigenvalue weighted by atomic mass is 10.2. The Morgan fingerprint density at radius 1 is 1.21 bits per heavy atom. The highest BCUT2D eigenvalue weighted by atomic mass is 16.5. The first-order chi connectivity index (χ1) is 11.7. The number of amides is 1. The largest absolute Gasteiger partial charge is 0.497 e. The molecule has 0 aliphatic heterocycles. The average molecular weight is 326 g/mol. The van der Waals surface area contributed by atoms with E-state index in [0.29, 0.717) is 28.5 Å². The van der Waals surface area contributed by atoms with Gasteiger partial charge in [0.15, 0.2) is 5.65 Å². The summed E-state index contributed by atoms with van der Waals surface area (Å²) in [5, 5.41) is 7.03. The van der Waals surface area contributed by atoms with Gasteiger partial charge in [-0.3, -0.25) is 4.79 Å². The number of anilines is 1. The summed E-state index contributed by atoms with van der Waals surface area (Å²) in [7, 11) is 3.11. The molecule has 0 spiro atoms. The zero-order valence-corrected chi connectivity index (χ0v) is 13.7. The van der Waals surface area contributed by atoms with Crippen molar-refractivity contribution in [3.05, 3.63) is 47.9 Å². The zero-order valence-electron chi connectivity index (χ0n) is 13.7. The minimum Gasteiger partial charge on any atom is -0.497 e. The van der Waals surface area contributed by atoms with Crippen molar-refractivity contribution in [3.8, 4) is 11.5 Å². The highest BCUT2D eigenvalue weighted by Gasteiger charge is 2.15. The van der Waals surface area contributed by atoms with Gasteiger partial charge in [0.1, 0.15) is 17.2 Å². The number of fused-ring (bicyclic) bond motifs is 1. The third-order valence-electron chi connectivity index (χ3n) is 3.68. The molecule has 0 saturated heterocycles. The number of hydrogen-bond donors (Lipinski definition) is 1. The highest BCUT2D eigenvalue weighted by molar-refractivity contribution is 6.04. The first-order valence-corrected chi connectivity index (χ1v) is 7.53. The van der Waals surface area contributed by atoms with E-state index in [4.69, 9.17) is 9.47 Å². The molecule has 3 aromatic rings. The third kappa shape index (κ3) is 2.88. The fourth-order valence-corrected chi connectivity index (χ4v) is 2.44. The Morgan fingerprint density at radius 3 is 2.75 bits per heavy atom. The molecule has 24 heavy (non-hydrogen) atoms. The van der Waals surface area contributed by atoms with Crippen LogP contribution in [0.15, 0.2) is 36.5 Å². The van der Waals surface area contributed by atoms with E-state index in [0.717, 1.165) is 12.1 Å². The summed E-state index contributed by atoms with van der Waals surface area (Å²) in [5.74, 6) is 0.852. The molecule has 7 nitrogen and oxygen atoms in total. The third-order valence-corrected chi connectivity index (χ3v) is 3.68. The molecule has 0 aliphatic rings. The Labute approximate surface area is 139 Å². The molecule has 1 aromatic carbocycles. The van der Waals surface area contributed by atoms with Gasteiger partial charge in [0.05, 0.1) is 26.1 Å². The molecule has 7 heteroatoms. The minimum atomic E-state index is -0.319. The second-order valence-electron chi connectivity index (χ2n) is 5.11. The predicted octanol–water partition coefficient (Wildman–Crippen LogP) is 2.56. The lowest BCUT2D eigenvalue weighted by Gasteiger charge is -2.12. The Balaban J connectivity index is 1.95. The van der Waals surface area contributed by atoms with E-state index in [-0.39, 0.29) is 5.91 Å². The summed E-state index contributed by atoms with van der Waals surface area (Å²) in [5.41, 5.74) is 2.39. The van der Waals surface area contributed by atoms with Crippen molar-refractivity contribution in [1.29, 1.82) is 0 Å². The first-order valence-electron chi connectivity index (χ1n) is 7.53. The van der Waals surface area contributed by atoms with Crippen molar-refractivity contribution in [2.24, 2.45) is 0 Å². The molecular weight excluding hydrogens is 308 g/mol.